The molecule has 1 heterocycles. The van der Waals surface area contributed by atoms with Crippen LogP contribution in [0.3, 0.4) is 0 Å². The van der Waals surface area contributed by atoms with E-state index in [4.69, 9.17) is 4.98 Å². The molecule has 5 heteroatoms. The van der Waals surface area contributed by atoms with E-state index in [9.17, 15) is 9.90 Å². The van der Waals surface area contributed by atoms with Gasteiger partial charge >= 0.3 is 0 Å². The number of carbonyl (C=O) groups excluding carboxylic acids is 1. The molecular weight excluding hydrogens is 290 g/mol. The van der Waals surface area contributed by atoms with E-state index < -0.39 is 5.97 Å². The minimum absolute atomic E-state index is 0.200. The first kappa shape index (κ1) is 15.2. The van der Waals surface area contributed by atoms with Crippen LogP contribution in [-0.4, -0.2) is 22.1 Å². The summed E-state index contributed by atoms with van der Waals surface area (Å²) < 4.78 is 2.15. The first-order valence-electron chi connectivity index (χ1n) is 7.72. The summed E-state index contributed by atoms with van der Waals surface area (Å²) in [5.74, 6) is -0.145. The number of aromatic carboxylic acids is 1. The van der Waals surface area contributed by atoms with Gasteiger partial charge < -0.3 is 20.2 Å². The van der Waals surface area contributed by atoms with Gasteiger partial charge in [-0.3, -0.25) is 0 Å². The second kappa shape index (κ2) is 6.62. The average molecular weight is 309 g/mol. The molecule has 23 heavy (non-hydrogen) atoms. The molecule has 0 spiro atoms. The van der Waals surface area contributed by atoms with Crippen LogP contribution in [-0.2, 0) is 13.0 Å². The number of quaternary nitrogens is 1. The molecule has 0 aliphatic rings. The molecule has 118 valence electrons. The van der Waals surface area contributed by atoms with Crippen LogP contribution >= 0.6 is 0 Å². The molecule has 0 saturated heterocycles. The Hall–Kier alpha value is -2.66. The Balaban J connectivity index is 2.00. The summed E-state index contributed by atoms with van der Waals surface area (Å²) in [5.41, 5.74) is 7.03. The maximum Gasteiger partial charge on any atom is 0.110 e. The summed E-state index contributed by atoms with van der Waals surface area (Å²) in [6, 6.07) is 14.9. The highest BCUT2D eigenvalue weighted by Crippen LogP contribution is 2.19. The Labute approximate surface area is 134 Å². The van der Waals surface area contributed by atoms with Crippen molar-refractivity contribution in [3.05, 3.63) is 65.5 Å². The highest BCUT2D eigenvalue weighted by atomic mass is 16.4. The molecule has 0 amide bonds. The minimum atomic E-state index is -1.15. The number of nitrogens with zero attached hydrogens (tertiary/aromatic N) is 2. The second-order valence-electron chi connectivity index (χ2n) is 5.55. The van der Waals surface area contributed by atoms with E-state index in [1.165, 1.54) is 0 Å². The number of aryl methyl sites for hydroxylation is 1. The lowest BCUT2D eigenvalue weighted by atomic mass is 10.1. The van der Waals surface area contributed by atoms with E-state index >= 15 is 0 Å². The predicted molar refractivity (Wildman–Crippen MR) is 85.7 cm³/mol. The Bertz CT molecular complexity index is 839. The first-order valence-corrected chi connectivity index (χ1v) is 7.72. The molecule has 0 aliphatic carbocycles. The van der Waals surface area contributed by atoms with E-state index in [0.717, 1.165) is 41.8 Å². The molecule has 3 aromatic rings. The van der Waals surface area contributed by atoms with Crippen molar-refractivity contribution in [1.29, 1.82) is 0 Å². The molecule has 0 saturated carbocycles. The summed E-state index contributed by atoms with van der Waals surface area (Å²) in [7, 11) is 0. The van der Waals surface area contributed by atoms with Gasteiger partial charge in [-0.05, 0) is 29.3 Å². The Morgan fingerprint density at radius 2 is 2.00 bits per heavy atom. The number of benzene rings is 2. The fourth-order valence-corrected chi connectivity index (χ4v) is 2.76. The van der Waals surface area contributed by atoms with Gasteiger partial charge in [-0.15, -0.1) is 0 Å². The number of aromatic nitrogens is 2. The van der Waals surface area contributed by atoms with Crippen LogP contribution in [0.4, 0.5) is 0 Å². The minimum Gasteiger partial charge on any atom is -0.545 e. The van der Waals surface area contributed by atoms with Crippen molar-refractivity contribution < 1.29 is 15.6 Å². The first-order chi connectivity index (χ1) is 11.2. The van der Waals surface area contributed by atoms with Crippen LogP contribution in [0.5, 0.6) is 0 Å². The third kappa shape index (κ3) is 3.24. The monoisotopic (exact) mass is 309 g/mol. The zero-order valence-corrected chi connectivity index (χ0v) is 12.9. The van der Waals surface area contributed by atoms with Gasteiger partial charge in [0.25, 0.3) is 0 Å². The smallest absolute Gasteiger partial charge is 0.110 e. The lowest BCUT2D eigenvalue weighted by Crippen LogP contribution is -2.50. The molecule has 0 aliphatic heterocycles. The average Bonchev–Trinajstić information content (AvgIpc) is 2.91. The fraction of sp³-hybridized carbons (Fsp3) is 0.222. The molecule has 5 nitrogen and oxygen atoms in total. The quantitative estimate of drug-likeness (QED) is 0.724. The van der Waals surface area contributed by atoms with Crippen LogP contribution in [0, 0.1) is 0 Å². The van der Waals surface area contributed by atoms with Crippen molar-refractivity contribution in [2.45, 2.75) is 19.4 Å². The third-order valence-corrected chi connectivity index (χ3v) is 3.89. The number of rotatable bonds is 6. The van der Waals surface area contributed by atoms with Gasteiger partial charge in [-0.2, -0.15) is 0 Å². The normalized spacial score (nSPS) is 11.0. The number of carboxylic acid groups (broad SMARTS) is 1. The Morgan fingerprint density at radius 1 is 1.17 bits per heavy atom. The zero-order valence-electron chi connectivity index (χ0n) is 12.9. The van der Waals surface area contributed by atoms with E-state index in [-0.39, 0.29) is 5.56 Å². The van der Waals surface area contributed by atoms with Gasteiger partial charge in [0.15, 0.2) is 0 Å². The lowest BCUT2D eigenvalue weighted by molar-refractivity contribution is -0.368. The van der Waals surface area contributed by atoms with E-state index in [2.05, 4.69) is 10.3 Å². The molecule has 0 atom stereocenters. The van der Waals surface area contributed by atoms with Gasteiger partial charge in [-0.25, -0.2) is 4.98 Å². The summed E-state index contributed by atoms with van der Waals surface area (Å²) in [6.45, 7) is 1.46. The maximum atomic E-state index is 11.0. The SMILES string of the molecule is [NH3+]CCCc1nc2ccccc2n1Cc1cccc(C(=O)[O-])c1. The maximum absolute atomic E-state index is 11.0. The number of hydrogen-bond acceptors (Lipinski definition) is 3. The van der Waals surface area contributed by atoms with E-state index in [1.807, 2.05) is 30.3 Å². The molecule has 0 radical (unpaired) electrons. The van der Waals surface area contributed by atoms with Gasteiger partial charge in [0.05, 0.1) is 23.5 Å². The second-order valence-corrected chi connectivity index (χ2v) is 5.55. The number of para-hydroxylation sites is 2. The van der Waals surface area contributed by atoms with Crippen molar-refractivity contribution in [2.24, 2.45) is 0 Å². The molecule has 0 unspecified atom stereocenters. The number of hydrogen-bond donors (Lipinski definition) is 1. The van der Waals surface area contributed by atoms with Crippen molar-refractivity contribution in [1.82, 2.24) is 9.55 Å². The summed E-state index contributed by atoms with van der Waals surface area (Å²) in [5, 5.41) is 11.0. The zero-order chi connectivity index (χ0) is 16.2. The van der Waals surface area contributed by atoms with E-state index in [0.29, 0.717) is 6.54 Å². The van der Waals surface area contributed by atoms with Gasteiger partial charge in [0.1, 0.15) is 5.82 Å². The molecule has 2 aromatic carbocycles. The lowest BCUT2D eigenvalue weighted by Gasteiger charge is -2.11. The van der Waals surface area contributed by atoms with Crippen LogP contribution < -0.4 is 10.8 Å². The van der Waals surface area contributed by atoms with Crippen molar-refractivity contribution in [2.75, 3.05) is 6.54 Å². The summed E-state index contributed by atoms with van der Waals surface area (Å²) >= 11 is 0. The molecule has 0 fully saturated rings. The Morgan fingerprint density at radius 3 is 2.78 bits per heavy atom. The Kier molecular flexibility index (Phi) is 4.39. The molecule has 3 N–H and O–H groups in total. The van der Waals surface area contributed by atoms with Crippen LogP contribution in [0.15, 0.2) is 48.5 Å². The fourth-order valence-electron chi connectivity index (χ4n) is 2.76. The van der Waals surface area contributed by atoms with Crippen LogP contribution in [0.2, 0.25) is 0 Å². The topological polar surface area (TPSA) is 85.6 Å². The number of carbonyl (C=O) groups is 1. The number of fused-ring (bicyclic) bond motifs is 1. The van der Waals surface area contributed by atoms with Gasteiger partial charge in [-0.1, -0.05) is 30.3 Å². The highest BCUT2D eigenvalue weighted by Gasteiger charge is 2.11. The molecule has 1 aromatic heterocycles. The molecule has 3 rings (SSSR count). The van der Waals surface area contributed by atoms with Gasteiger partial charge in [0, 0.05) is 19.4 Å². The van der Waals surface area contributed by atoms with Crippen molar-refractivity contribution in [3.63, 3.8) is 0 Å². The number of imidazole rings is 1. The molecule has 0 bridgehead atoms. The highest BCUT2D eigenvalue weighted by molar-refractivity contribution is 5.85. The predicted octanol–water partition coefficient (Wildman–Crippen LogP) is 0.623. The van der Waals surface area contributed by atoms with Crippen LogP contribution in [0.25, 0.3) is 11.0 Å². The summed E-state index contributed by atoms with van der Waals surface area (Å²) in [6.07, 6.45) is 1.83. The van der Waals surface area contributed by atoms with Crippen LogP contribution in [0.1, 0.15) is 28.2 Å². The van der Waals surface area contributed by atoms with Gasteiger partial charge in [0.2, 0.25) is 0 Å². The molecular formula is C18H19N3O2. The standard InChI is InChI=1S/C18H19N3O2/c19-10-4-9-17-20-15-7-1-2-8-16(15)21(17)12-13-5-3-6-14(11-13)18(22)23/h1-3,5-8,11H,4,9-10,12,19H2,(H,22,23). The van der Waals surface area contributed by atoms with Crippen molar-refractivity contribution in [3.8, 4) is 0 Å². The summed E-state index contributed by atoms with van der Waals surface area (Å²) in [4.78, 5) is 15.7. The van der Waals surface area contributed by atoms with Crippen molar-refractivity contribution >= 4 is 17.0 Å². The number of carboxylic acids is 1. The van der Waals surface area contributed by atoms with E-state index in [1.54, 1.807) is 18.2 Å². The third-order valence-electron chi connectivity index (χ3n) is 3.89. The largest absolute Gasteiger partial charge is 0.545 e.